The zero-order chi connectivity index (χ0) is 13.4. The molecule has 0 aliphatic heterocycles. The fourth-order valence-electron chi connectivity index (χ4n) is 3.72. The molecule has 3 N–H and O–H groups in total. The van der Waals surface area contributed by atoms with Gasteiger partial charge in [0, 0.05) is 19.8 Å². The highest BCUT2D eigenvalue weighted by Gasteiger charge is 2.39. The minimum atomic E-state index is -0.00280. The molecule has 2 fully saturated rings. The topological polar surface area (TPSA) is 78.9 Å². The van der Waals surface area contributed by atoms with Crippen LogP contribution in [0.15, 0.2) is 12.3 Å². The molecule has 5 nitrogen and oxygen atoms in total. The van der Waals surface area contributed by atoms with Crippen LogP contribution in [0.4, 0.5) is 5.95 Å². The van der Waals surface area contributed by atoms with Gasteiger partial charge in [-0.2, -0.15) is 0 Å². The molecule has 102 valence electrons. The van der Waals surface area contributed by atoms with Crippen LogP contribution in [0.5, 0.6) is 0 Å². The minimum absolute atomic E-state index is 0.00280. The van der Waals surface area contributed by atoms with E-state index in [2.05, 4.69) is 14.9 Å². The van der Waals surface area contributed by atoms with E-state index in [1.54, 1.807) is 12.3 Å². The summed E-state index contributed by atoms with van der Waals surface area (Å²) in [5, 5.41) is 7.43. The summed E-state index contributed by atoms with van der Waals surface area (Å²) in [6.45, 7) is 1.02. The number of rotatable bonds is 4. The Labute approximate surface area is 113 Å². The molecule has 2 aliphatic rings. The predicted molar refractivity (Wildman–Crippen MR) is 75.3 cm³/mol. The van der Waals surface area contributed by atoms with Gasteiger partial charge in [0.25, 0.3) is 0 Å². The lowest BCUT2D eigenvalue weighted by atomic mass is 9.88. The van der Waals surface area contributed by atoms with Crippen molar-refractivity contribution in [2.75, 3.05) is 18.5 Å². The lowest BCUT2D eigenvalue weighted by Gasteiger charge is -2.27. The number of fused-ring (bicyclic) bond motifs is 2. The number of nitrogens with one attached hydrogen (secondary N) is 1. The Morgan fingerprint density at radius 2 is 2.32 bits per heavy atom. The first-order valence-electron chi connectivity index (χ1n) is 7.02. The summed E-state index contributed by atoms with van der Waals surface area (Å²) in [6.07, 6.45) is 7.29. The van der Waals surface area contributed by atoms with E-state index < -0.39 is 0 Å². The van der Waals surface area contributed by atoms with Crippen molar-refractivity contribution in [3.8, 4) is 0 Å². The van der Waals surface area contributed by atoms with Crippen LogP contribution in [0, 0.1) is 23.2 Å². The van der Waals surface area contributed by atoms with Crippen molar-refractivity contribution in [1.82, 2.24) is 9.97 Å². The average Bonchev–Trinajstić information content (AvgIpc) is 3.01. The van der Waals surface area contributed by atoms with Crippen molar-refractivity contribution >= 4 is 11.8 Å². The molecule has 0 radical (unpaired) electrons. The zero-order valence-electron chi connectivity index (χ0n) is 11.3. The second-order valence-electron chi connectivity index (χ2n) is 5.97. The molecule has 3 atom stereocenters. The van der Waals surface area contributed by atoms with Gasteiger partial charge in [-0.15, -0.1) is 0 Å². The van der Waals surface area contributed by atoms with E-state index in [1.807, 2.05) is 7.05 Å². The van der Waals surface area contributed by atoms with Crippen molar-refractivity contribution in [3.63, 3.8) is 0 Å². The number of nitrogens with two attached hydrogens (primary N) is 1. The molecular formula is C14H21N5. The van der Waals surface area contributed by atoms with Gasteiger partial charge < -0.3 is 10.6 Å². The number of aromatic nitrogens is 2. The molecule has 0 aromatic carbocycles. The molecule has 2 aliphatic carbocycles. The van der Waals surface area contributed by atoms with E-state index in [-0.39, 0.29) is 5.84 Å². The van der Waals surface area contributed by atoms with Gasteiger partial charge >= 0.3 is 0 Å². The fraction of sp³-hybridized carbons (Fsp3) is 0.643. The summed E-state index contributed by atoms with van der Waals surface area (Å²) >= 11 is 0. The van der Waals surface area contributed by atoms with Gasteiger partial charge in [0.15, 0.2) is 0 Å². The molecular weight excluding hydrogens is 238 g/mol. The molecule has 5 heteroatoms. The standard InChI is InChI=1S/C14H21N5/c1-19(8-11-7-9-2-3-10(11)6-9)14-17-5-4-12(18-14)13(15)16/h4-5,9-11H,2-3,6-8H2,1H3,(H3,15,16). The van der Waals surface area contributed by atoms with Gasteiger partial charge in [0.05, 0.1) is 0 Å². The van der Waals surface area contributed by atoms with E-state index in [1.165, 1.54) is 25.7 Å². The maximum absolute atomic E-state index is 7.43. The molecule has 0 saturated heterocycles. The van der Waals surface area contributed by atoms with Crippen LogP contribution in [-0.4, -0.2) is 29.4 Å². The molecule has 2 bridgehead atoms. The highest BCUT2D eigenvalue weighted by atomic mass is 15.2. The third-order valence-corrected chi connectivity index (χ3v) is 4.65. The second kappa shape index (κ2) is 4.79. The summed E-state index contributed by atoms with van der Waals surface area (Å²) in [5.74, 6) is 3.33. The van der Waals surface area contributed by atoms with Gasteiger partial charge in [-0.05, 0) is 43.1 Å². The van der Waals surface area contributed by atoms with E-state index >= 15 is 0 Å². The van der Waals surface area contributed by atoms with E-state index in [4.69, 9.17) is 11.1 Å². The Hall–Kier alpha value is -1.65. The molecule has 1 aromatic rings. The van der Waals surface area contributed by atoms with Gasteiger partial charge in [-0.3, -0.25) is 5.41 Å². The van der Waals surface area contributed by atoms with Crippen molar-refractivity contribution in [1.29, 1.82) is 5.41 Å². The normalized spacial score (nSPS) is 28.6. The van der Waals surface area contributed by atoms with Crippen molar-refractivity contribution in [3.05, 3.63) is 18.0 Å². The van der Waals surface area contributed by atoms with Crippen molar-refractivity contribution in [2.24, 2.45) is 23.5 Å². The first kappa shape index (κ1) is 12.4. The van der Waals surface area contributed by atoms with Gasteiger partial charge in [-0.1, -0.05) is 6.42 Å². The molecule has 0 spiro atoms. The summed E-state index contributed by atoms with van der Waals surface area (Å²) in [4.78, 5) is 10.7. The van der Waals surface area contributed by atoms with E-state index in [9.17, 15) is 0 Å². The van der Waals surface area contributed by atoms with Crippen LogP contribution in [0.2, 0.25) is 0 Å². The number of anilines is 1. The molecule has 1 aromatic heterocycles. The molecule has 3 unspecified atom stereocenters. The first-order valence-corrected chi connectivity index (χ1v) is 7.02. The number of nitrogens with zero attached hydrogens (tertiary/aromatic N) is 3. The third kappa shape index (κ3) is 2.41. The molecule has 3 rings (SSSR count). The SMILES string of the molecule is CN(CC1CC2CCC1C2)c1nccc(C(=N)N)n1. The fourth-order valence-corrected chi connectivity index (χ4v) is 3.72. The Morgan fingerprint density at radius 1 is 1.47 bits per heavy atom. The van der Waals surface area contributed by atoms with Crippen LogP contribution < -0.4 is 10.6 Å². The van der Waals surface area contributed by atoms with Gasteiger partial charge in [-0.25, -0.2) is 9.97 Å². The van der Waals surface area contributed by atoms with E-state index in [0.29, 0.717) is 11.6 Å². The summed E-state index contributed by atoms with van der Waals surface area (Å²) in [5.41, 5.74) is 5.97. The second-order valence-corrected chi connectivity index (χ2v) is 5.97. The highest BCUT2D eigenvalue weighted by Crippen LogP contribution is 2.48. The quantitative estimate of drug-likeness (QED) is 0.636. The summed E-state index contributed by atoms with van der Waals surface area (Å²) < 4.78 is 0. The maximum Gasteiger partial charge on any atom is 0.225 e. The third-order valence-electron chi connectivity index (χ3n) is 4.65. The van der Waals surface area contributed by atoms with Crippen LogP contribution in [0.1, 0.15) is 31.4 Å². The maximum atomic E-state index is 7.43. The lowest BCUT2D eigenvalue weighted by Crippen LogP contribution is -2.30. The molecule has 19 heavy (non-hydrogen) atoms. The summed E-state index contributed by atoms with van der Waals surface area (Å²) in [7, 11) is 2.03. The van der Waals surface area contributed by atoms with Crippen LogP contribution >= 0.6 is 0 Å². The number of nitrogen functional groups attached to an aromatic ring is 1. The Kier molecular flexibility index (Phi) is 3.12. The summed E-state index contributed by atoms with van der Waals surface area (Å²) in [6, 6.07) is 1.68. The molecule has 1 heterocycles. The van der Waals surface area contributed by atoms with Gasteiger partial charge in [0.1, 0.15) is 11.5 Å². The monoisotopic (exact) mass is 259 g/mol. The Balaban J connectivity index is 1.68. The van der Waals surface area contributed by atoms with Crippen LogP contribution in [-0.2, 0) is 0 Å². The smallest absolute Gasteiger partial charge is 0.225 e. The molecule has 2 saturated carbocycles. The average molecular weight is 259 g/mol. The Bertz CT molecular complexity index is 486. The lowest BCUT2D eigenvalue weighted by molar-refractivity contribution is 0.336. The van der Waals surface area contributed by atoms with Crippen molar-refractivity contribution < 1.29 is 0 Å². The minimum Gasteiger partial charge on any atom is -0.382 e. The number of hydrogen-bond donors (Lipinski definition) is 2. The predicted octanol–water partition coefficient (Wildman–Crippen LogP) is 1.63. The Morgan fingerprint density at radius 3 is 2.95 bits per heavy atom. The number of amidine groups is 1. The zero-order valence-corrected chi connectivity index (χ0v) is 11.3. The van der Waals surface area contributed by atoms with E-state index in [0.717, 1.165) is 24.3 Å². The number of hydrogen-bond acceptors (Lipinski definition) is 4. The first-order chi connectivity index (χ1) is 9.13. The van der Waals surface area contributed by atoms with Crippen molar-refractivity contribution in [2.45, 2.75) is 25.7 Å². The largest absolute Gasteiger partial charge is 0.382 e. The highest BCUT2D eigenvalue weighted by molar-refractivity contribution is 5.93. The molecule has 0 amide bonds. The van der Waals surface area contributed by atoms with Crippen LogP contribution in [0.3, 0.4) is 0 Å². The van der Waals surface area contributed by atoms with Gasteiger partial charge in [0.2, 0.25) is 5.95 Å². The van der Waals surface area contributed by atoms with Crippen LogP contribution in [0.25, 0.3) is 0 Å².